The lowest BCUT2D eigenvalue weighted by Gasteiger charge is -2.24. The van der Waals surface area contributed by atoms with Gasteiger partial charge in [-0.3, -0.25) is 9.78 Å². The van der Waals surface area contributed by atoms with E-state index in [-0.39, 0.29) is 5.91 Å². The average Bonchev–Trinajstić information content (AvgIpc) is 3.09. The van der Waals surface area contributed by atoms with Crippen LogP contribution in [0.25, 0.3) is 0 Å². The molecule has 1 spiro atoms. The first-order valence-corrected chi connectivity index (χ1v) is 6.86. The number of aromatic nitrogens is 1. The third-order valence-corrected chi connectivity index (χ3v) is 4.55. The van der Waals surface area contributed by atoms with Crippen molar-refractivity contribution < 1.29 is 19.4 Å². The van der Waals surface area contributed by atoms with Gasteiger partial charge in [0.25, 0.3) is 0 Å². The number of rotatable bonds is 3. The number of fused-ring (bicyclic) bond motifs is 1. The summed E-state index contributed by atoms with van der Waals surface area (Å²) in [6.07, 6.45) is 6.40. The van der Waals surface area contributed by atoms with Gasteiger partial charge in [-0.2, -0.15) is 0 Å². The maximum Gasteiger partial charge on any atom is 0.230 e. The van der Waals surface area contributed by atoms with Crippen molar-refractivity contribution in [2.45, 2.75) is 18.2 Å². The van der Waals surface area contributed by atoms with Gasteiger partial charge in [-0.05, 0) is 11.6 Å². The van der Waals surface area contributed by atoms with Gasteiger partial charge in [-0.25, -0.2) is 0 Å². The molecule has 3 aliphatic heterocycles. The van der Waals surface area contributed by atoms with Crippen LogP contribution in [0.1, 0.15) is 5.56 Å². The molecule has 6 heteroatoms. The minimum Gasteiger partial charge on any atom is -0.550 e. The first-order valence-electron chi connectivity index (χ1n) is 6.86. The van der Waals surface area contributed by atoms with Gasteiger partial charge < -0.3 is 19.5 Å². The van der Waals surface area contributed by atoms with Crippen LogP contribution in [0.4, 0.5) is 0 Å². The van der Waals surface area contributed by atoms with Gasteiger partial charge in [0.2, 0.25) is 5.91 Å². The van der Waals surface area contributed by atoms with E-state index in [1.807, 2.05) is 12.1 Å². The van der Waals surface area contributed by atoms with Crippen LogP contribution >= 0.6 is 0 Å². The van der Waals surface area contributed by atoms with Crippen molar-refractivity contribution in [3.63, 3.8) is 0 Å². The number of carbonyl (C=O) groups excluding carboxylic acids is 2. The van der Waals surface area contributed by atoms with Crippen LogP contribution < -0.4 is 5.11 Å². The zero-order valence-corrected chi connectivity index (χ0v) is 11.1. The lowest BCUT2D eigenvalue weighted by Crippen LogP contribution is -2.45. The summed E-state index contributed by atoms with van der Waals surface area (Å²) in [7, 11) is 0. The van der Waals surface area contributed by atoms with Crippen molar-refractivity contribution >= 4 is 11.9 Å². The van der Waals surface area contributed by atoms with Crippen molar-refractivity contribution in [1.29, 1.82) is 0 Å². The molecule has 6 nitrogen and oxygen atoms in total. The Bertz CT molecular complexity index is 644. The quantitative estimate of drug-likeness (QED) is 0.673. The zero-order valence-electron chi connectivity index (χ0n) is 11.1. The van der Waals surface area contributed by atoms with E-state index < -0.39 is 29.5 Å². The Morgan fingerprint density at radius 2 is 2.43 bits per heavy atom. The summed E-state index contributed by atoms with van der Waals surface area (Å²) in [6.45, 7) is 0.786. The number of aliphatic carboxylic acids is 1. The zero-order chi connectivity index (χ0) is 14.6. The van der Waals surface area contributed by atoms with E-state index in [9.17, 15) is 14.7 Å². The highest BCUT2D eigenvalue weighted by molar-refractivity contribution is 5.90. The molecule has 3 aliphatic rings. The first-order chi connectivity index (χ1) is 10.1. The van der Waals surface area contributed by atoms with E-state index in [1.54, 1.807) is 29.4 Å². The van der Waals surface area contributed by atoms with Crippen LogP contribution in [0.2, 0.25) is 0 Å². The van der Waals surface area contributed by atoms with E-state index in [2.05, 4.69) is 4.98 Å². The lowest BCUT2D eigenvalue weighted by atomic mass is 9.77. The van der Waals surface area contributed by atoms with E-state index in [0.717, 1.165) is 5.56 Å². The summed E-state index contributed by atoms with van der Waals surface area (Å²) >= 11 is 0. The number of ether oxygens (including phenoxy) is 1. The molecule has 1 aromatic rings. The topological polar surface area (TPSA) is 82.6 Å². The number of hydrogen-bond donors (Lipinski definition) is 0. The summed E-state index contributed by atoms with van der Waals surface area (Å²) in [5.74, 6) is -2.96. The van der Waals surface area contributed by atoms with Crippen LogP contribution in [-0.4, -0.2) is 40.0 Å². The molecule has 4 heterocycles. The fourth-order valence-electron chi connectivity index (χ4n) is 3.69. The molecule has 0 N–H and O–H groups in total. The molecule has 4 atom stereocenters. The van der Waals surface area contributed by atoms with Gasteiger partial charge in [0, 0.05) is 30.8 Å². The smallest absolute Gasteiger partial charge is 0.230 e. The molecule has 0 radical (unpaired) electrons. The lowest BCUT2D eigenvalue weighted by molar-refractivity contribution is -0.313. The normalized spacial score (nSPS) is 36.3. The van der Waals surface area contributed by atoms with E-state index in [4.69, 9.17) is 4.74 Å². The molecule has 4 rings (SSSR count). The summed E-state index contributed by atoms with van der Waals surface area (Å²) in [6, 6.07) is 3.69. The third-order valence-electron chi connectivity index (χ3n) is 4.55. The van der Waals surface area contributed by atoms with Gasteiger partial charge in [0.15, 0.2) is 0 Å². The Labute approximate surface area is 121 Å². The van der Waals surface area contributed by atoms with Gasteiger partial charge in [0.1, 0.15) is 5.60 Å². The van der Waals surface area contributed by atoms with Gasteiger partial charge >= 0.3 is 0 Å². The second kappa shape index (κ2) is 4.14. The van der Waals surface area contributed by atoms with Crippen molar-refractivity contribution in [2.75, 3.05) is 6.54 Å². The molecule has 0 unspecified atom stereocenters. The molecule has 1 amide bonds. The number of amides is 1. The molecular formula is C15H13N2O4-. The second-order valence-electron chi connectivity index (χ2n) is 5.77. The van der Waals surface area contributed by atoms with Crippen molar-refractivity contribution in [2.24, 2.45) is 11.8 Å². The van der Waals surface area contributed by atoms with Crippen molar-refractivity contribution in [3.8, 4) is 0 Å². The molecule has 21 heavy (non-hydrogen) atoms. The summed E-state index contributed by atoms with van der Waals surface area (Å²) in [4.78, 5) is 29.6. The van der Waals surface area contributed by atoms with Crippen LogP contribution in [0.3, 0.4) is 0 Å². The van der Waals surface area contributed by atoms with Crippen LogP contribution in [0, 0.1) is 11.8 Å². The van der Waals surface area contributed by atoms with Crippen LogP contribution in [0.15, 0.2) is 36.7 Å². The monoisotopic (exact) mass is 285 g/mol. The third kappa shape index (κ3) is 1.65. The van der Waals surface area contributed by atoms with E-state index in [1.165, 1.54) is 0 Å². The average molecular weight is 285 g/mol. The van der Waals surface area contributed by atoms with Crippen molar-refractivity contribution in [1.82, 2.24) is 9.88 Å². The SMILES string of the molecule is O=C([O-])[C@@H]1[C@H]2C=C[C@]3(CN(Cc4cccnc4)C(=O)[C@@H]13)O2. The minimum absolute atomic E-state index is 0.181. The second-order valence-corrected chi connectivity index (χ2v) is 5.77. The molecule has 108 valence electrons. The Balaban J connectivity index is 1.63. The number of likely N-dealkylation sites (tertiary alicyclic amines) is 1. The molecule has 0 saturated carbocycles. The van der Waals surface area contributed by atoms with Gasteiger partial charge in [-0.15, -0.1) is 0 Å². The molecule has 2 fully saturated rings. The summed E-state index contributed by atoms with van der Waals surface area (Å²) < 4.78 is 5.79. The highest BCUT2D eigenvalue weighted by atomic mass is 16.5. The molecule has 0 aliphatic carbocycles. The Hall–Kier alpha value is -2.21. The Kier molecular flexibility index (Phi) is 2.47. The fraction of sp³-hybridized carbons (Fsp3) is 0.400. The van der Waals surface area contributed by atoms with Crippen LogP contribution in [-0.2, 0) is 20.9 Å². The number of nitrogens with zero attached hydrogens (tertiary/aromatic N) is 2. The largest absolute Gasteiger partial charge is 0.550 e. The molecular weight excluding hydrogens is 272 g/mol. The number of hydrogen-bond acceptors (Lipinski definition) is 5. The van der Waals surface area contributed by atoms with Crippen LogP contribution in [0.5, 0.6) is 0 Å². The molecule has 2 saturated heterocycles. The molecule has 1 aromatic heterocycles. The van der Waals surface area contributed by atoms with Crippen molar-refractivity contribution in [3.05, 3.63) is 42.2 Å². The first kappa shape index (κ1) is 12.5. The predicted molar refractivity (Wildman–Crippen MR) is 68.4 cm³/mol. The summed E-state index contributed by atoms with van der Waals surface area (Å²) in [5.41, 5.74) is 0.111. The molecule has 2 bridgehead atoms. The Morgan fingerprint density at radius 3 is 3.14 bits per heavy atom. The standard InChI is InChI=1S/C15H14N2O4/c18-13-12-11(14(19)20)10-3-4-15(12,21-10)8-17(13)7-9-2-1-5-16-6-9/h1-6,10-12H,7-8H2,(H,19,20)/p-1/t10-,11-,12-,15-/m1/s1. The van der Waals surface area contributed by atoms with E-state index >= 15 is 0 Å². The highest BCUT2D eigenvalue weighted by Gasteiger charge is 2.65. The number of carboxylic acids is 1. The number of carboxylic acid groups (broad SMARTS) is 1. The number of carbonyl (C=O) groups is 2. The predicted octanol–water partition coefficient (Wildman–Crippen LogP) is -0.887. The fourth-order valence-corrected chi connectivity index (χ4v) is 3.69. The maximum absolute atomic E-state index is 12.6. The minimum atomic E-state index is -1.21. The van der Waals surface area contributed by atoms with Gasteiger partial charge in [0.05, 0.1) is 18.6 Å². The Morgan fingerprint density at radius 1 is 1.57 bits per heavy atom. The van der Waals surface area contributed by atoms with Gasteiger partial charge in [-0.1, -0.05) is 18.2 Å². The maximum atomic E-state index is 12.6. The highest BCUT2D eigenvalue weighted by Crippen LogP contribution is 2.51. The van der Waals surface area contributed by atoms with E-state index in [0.29, 0.717) is 13.1 Å². The number of pyridine rings is 1. The molecule has 0 aromatic carbocycles. The summed E-state index contributed by atoms with van der Waals surface area (Å²) in [5, 5.41) is 11.3.